The van der Waals surface area contributed by atoms with Gasteiger partial charge < -0.3 is 103 Å². The van der Waals surface area contributed by atoms with Gasteiger partial charge in [-0.1, -0.05) is 6.92 Å². The summed E-state index contributed by atoms with van der Waals surface area (Å²) in [5.41, 5.74) is 0. The molecule has 21 nitrogen and oxygen atoms in total. The summed E-state index contributed by atoms with van der Waals surface area (Å²) in [4.78, 5) is 0. The van der Waals surface area contributed by atoms with Crippen molar-refractivity contribution in [1.82, 2.24) is 0 Å². The number of methoxy groups -OCH3 is 2. The maximum atomic E-state index is 11.0. The fourth-order valence-corrected chi connectivity index (χ4v) is 6.39. The Hall–Kier alpha value is -0.840. The van der Waals surface area contributed by atoms with Crippen LogP contribution in [0.4, 0.5) is 0 Å². The molecule has 0 aromatic heterocycles. The van der Waals surface area contributed by atoms with E-state index in [0.717, 1.165) is 0 Å². The van der Waals surface area contributed by atoms with Crippen molar-refractivity contribution in [2.24, 2.45) is 0 Å². The highest BCUT2D eigenvalue weighted by Crippen LogP contribution is 2.30. The molecule has 4 saturated heterocycles. The van der Waals surface area contributed by atoms with Gasteiger partial charge in [0.15, 0.2) is 25.2 Å². The maximum absolute atomic E-state index is 11.0. The van der Waals surface area contributed by atoms with Gasteiger partial charge in [0, 0.05) is 27.4 Å². The number of hydrogen-bond acceptors (Lipinski definition) is 21. The van der Waals surface area contributed by atoms with Crippen LogP contribution in [0.5, 0.6) is 0 Å². The molecule has 4 fully saturated rings. The van der Waals surface area contributed by atoms with E-state index in [1.165, 1.54) is 14.2 Å². The van der Waals surface area contributed by atoms with Crippen LogP contribution in [-0.2, 0) is 52.1 Å². The standard InChI is InChI=1S/C31H56O21/c1-5-7-45-27-15(11-48-29-22(38)18(34)16(32)12(49-29)8-42-3)52-31(25(41)21(27)37)46-9-13-17(33)19(35)23(39)30(50-13)47-10-14-26(44-6-2)20(36)24(40)28(43-4)51-14/h12-41H,5-11H2,1-4H3/t12-,13-,14-,15-,16-,17-,18+,19+,20-,21-,22-,23-,24-,25-,26-,27-,28+,29+,30+,31+/m1/s1. The van der Waals surface area contributed by atoms with Gasteiger partial charge in [-0.25, -0.2) is 0 Å². The van der Waals surface area contributed by atoms with Crippen molar-refractivity contribution in [3.05, 3.63) is 0 Å². The molecule has 0 aromatic carbocycles. The zero-order valence-corrected chi connectivity index (χ0v) is 29.5. The minimum atomic E-state index is -1.80. The van der Waals surface area contributed by atoms with Crippen LogP contribution in [-0.4, -0.2) is 228 Å². The van der Waals surface area contributed by atoms with Gasteiger partial charge >= 0.3 is 0 Å². The Kier molecular flexibility index (Phi) is 17.2. The minimum absolute atomic E-state index is 0.121. The van der Waals surface area contributed by atoms with Crippen molar-refractivity contribution in [2.75, 3.05) is 53.9 Å². The van der Waals surface area contributed by atoms with Crippen LogP contribution in [0, 0.1) is 0 Å². The van der Waals surface area contributed by atoms with E-state index >= 15 is 0 Å². The molecule has 0 aliphatic carbocycles. The second-order valence-electron chi connectivity index (χ2n) is 13.0. The number of aliphatic hydroxyl groups excluding tert-OH is 10. The second kappa shape index (κ2) is 20.4. The summed E-state index contributed by atoms with van der Waals surface area (Å²) in [7, 11) is 2.62. The number of hydrogen-bond donors (Lipinski definition) is 10. The van der Waals surface area contributed by atoms with Crippen LogP contribution >= 0.6 is 0 Å². The minimum Gasteiger partial charge on any atom is -0.387 e. The van der Waals surface area contributed by atoms with Gasteiger partial charge in [0.1, 0.15) is 97.7 Å². The molecular formula is C31H56O21. The fourth-order valence-electron chi connectivity index (χ4n) is 6.39. The van der Waals surface area contributed by atoms with Crippen molar-refractivity contribution >= 4 is 0 Å². The largest absolute Gasteiger partial charge is 0.387 e. The summed E-state index contributed by atoms with van der Waals surface area (Å²) in [6, 6.07) is 0. The normalized spacial score (nSPS) is 47.4. The zero-order chi connectivity index (χ0) is 38.3. The molecule has 0 unspecified atom stereocenters. The molecule has 4 heterocycles. The monoisotopic (exact) mass is 764 g/mol. The Balaban J connectivity index is 1.40. The predicted molar refractivity (Wildman–Crippen MR) is 167 cm³/mol. The van der Waals surface area contributed by atoms with E-state index in [9.17, 15) is 51.1 Å². The van der Waals surface area contributed by atoms with E-state index in [1.807, 2.05) is 6.92 Å². The summed E-state index contributed by atoms with van der Waals surface area (Å²) in [6.07, 6.45) is -28.3. The Morgan fingerprint density at radius 2 is 0.788 bits per heavy atom. The molecule has 10 N–H and O–H groups in total. The molecule has 20 atom stereocenters. The molecule has 0 aromatic rings. The molecule has 306 valence electrons. The lowest BCUT2D eigenvalue weighted by Gasteiger charge is -2.45. The molecule has 21 heteroatoms. The average molecular weight is 765 g/mol. The molecular weight excluding hydrogens is 708 g/mol. The third kappa shape index (κ3) is 10.1. The smallest absolute Gasteiger partial charge is 0.186 e. The predicted octanol–water partition coefficient (Wildman–Crippen LogP) is -5.96. The zero-order valence-electron chi connectivity index (χ0n) is 29.5. The highest BCUT2D eigenvalue weighted by molar-refractivity contribution is 4.95. The average Bonchev–Trinajstić information content (AvgIpc) is 3.13. The van der Waals surface area contributed by atoms with Gasteiger partial charge in [0.25, 0.3) is 0 Å². The lowest BCUT2D eigenvalue weighted by Crippen LogP contribution is -2.63. The van der Waals surface area contributed by atoms with Crippen molar-refractivity contribution in [2.45, 2.75) is 143 Å². The van der Waals surface area contributed by atoms with Crippen LogP contribution < -0.4 is 0 Å². The van der Waals surface area contributed by atoms with E-state index in [2.05, 4.69) is 0 Å². The van der Waals surface area contributed by atoms with Crippen molar-refractivity contribution in [3.8, 4) is 0 Å². The van der Waals surface area contributed by atoms with Crippen LogP contribution in [0.2, 0.25) is 0 Å². The second-order valence-corrected chi connectivity index (χ2v) is 13.0. The summed E-state index contributed by atoms with van der Waals surface area (Å²) in [6.45, 7) is 2.30. The first-order valence-corrected chi connectivity index (χ1v) is 17.3. The van der Waals surface area contributed by atoms with Gasteiger partial charge in [-0.15, -0.1) is 0 Å². The van der Waals surface area contributed by atoms with Gasteiger partial charge in [-0.3, -0.25) is 0 Å². The molecule has 0 radical (unpaired) electrons. The van der Waals surface area contributed by atoms with E-state index < -0.39 is 136 Å². The Labute approximate surface area is 300 Å². The highest BCUT2D eigenvalue weighted by Gasteiger charge is 2.51. The van der Waals surface area contributed by atoms with Crippen LogP contribution in [0.1, 0.15) is 20.3 Å². The summed E-state index contributed by atoms with van der Waals surface area (Å²) in [5, 5.41) is 106. The van der Waals surface area contributed by atoms with Crippen LogP contribution in [0.3, 0.4) is 0 Å². The fraction of sp³-hybridized carbons (Fsp3) is 1.00. The van der Waals surface area contributed by atoms with Gasteiger partial charge in [0.2, 0.25) is 0 Å². The molecule has 0 spiro atoms. The Bertz CT molecular complexity index is 1030. The molecule has 0 saturated carbocycles. The molecule has 0 amide bonds. The number of ether oxygens (including phenoxy) is 11. The molecule has 4 rings (SSSR count). The van der Waals surface area contributed by atoms with Gasteiger partial charge in [0.05, 0.1) is 26.4 Å². The van der Waals surface area contributed by atoms with E-state index in [4.69, 9.17) is 52.1 Å². The van der Waals surface area contributed by atoms with E-state index in [0.29, 0.717) is 6.42 Å². The van der Waals surface area contributed by atoms with Crippen LogP contribution in [0.25, 0.3) is 0 Å². The number of aliphatic hydroxyl groups is 10. The van der Waals surface area contributed by atoms with E-state index in [-0.39, 0.29) is 26.4 Å². The first-order valence-electron chi connectivity index (χ1n) is 17.3. The topological polar surface area (TPSA) is 304 Å². The van der Waals surface area contributed by atoms with Crippen molar-refractivity contribution in [1.29, 1.82) is 0 Å². The highest BCUT2D eigenvalue weighted by atomic mass is 16.8. The van der Waals surface area contributed by atoms with Crippen molar-refractivity contribution < 1.29 is 103 Å². The maximum Gasteiger partial charge on any atom is 0.186 e. The van der Waals surface area contributed by atoms with Crippen molar-refractivity contribution in [3.63, 3.8) is 0 Å². The molecule has 0 bridgehead atoms. The SMILES string of the molecule is CCCO[C@H]1[C@H](O)[C@@H](O)[C@@H](OC[C@H]2O[C@H](OC[C@H]3O[C@H](OC)[C@H](O)[C@@H](O)[C@@H]3OCC)[C@H](O)[C@@H](O)[C@@H]2O)O[C@@H]1CO[C@H]1O[C@H](COC)[C@@H](O)[C@H](O)[C@H]1O. The Morgan fingerprint density at radius 1 is 0.404 bits per heavy atom. The first kappa shape index (κ1) is 43.9. The summed E-state index contributed by atoms with van der Waals surface area (Å²) in [5.74, 6) is 0. The molecule has 4 aliphatic heterocycles. The lowest BCUT2D eigenvalue weighted by molar-refractivity contribution is -0.350. The first-order chi connectivity index (χ1) is 24.8. The Morgan fingerprint density at radius 3 is 1.23 bits per heavy atom. The van der Waals surface area contributed by atoms with E-state index in [1.54, 1.807) is 6.92 Å². The molecule has 4 aliphatic rings. The lowest BCUT2D eigenvalue weighted by atomic mass is 9.97. The number of rotatable bonds is 17. The van der Waals surface area contributed by atoms with Crippen LogP contribution in [0.15, 0.2) is 0 Å². The third-order valence-corrected chi connectivity index (χ3v) is 9.33. The summed E-state index contributed by atoms with van der Waals surface area (Å²) < 4.78 is 61.3. The summed E-state index contributed by atoms with van der Waals surface area (Å²) >= 11 is 0. The quantitative estimate of drug-likeness (QED) is 0.0659. The van der Waals surface area contributed by atoms with Gasteiger partial charge in [-0.05, 0) is 13.3 Å². The third-order valence-electron chi connectivity index (χ3n) is 9.33. The molecule has 52 heavy (non-hydrogen) atoms. The van der Waals surface area contributed by atoms with Gasteiger partial charge in [-0.2, -0.15) is 0 Å².